The van der Waals surface area contributed by atoms with Crippen molar-refractivity contribution in [3.05, 3.63) is 53.9 Å². The van der Waals surface area contributed by atoms with Gasteiger partial charge < -0.3 is 14.5 Å². The summed E-state index contributed by atoms with van der Waals surface area (Å²) in [6.45, 7) is -1.16. The van der Waals surface area contributed by atoms with E-state index < -0.39 is 6.61 Å². The maximum atomic E-state index is 12.1. The van der Waals surface area contributed by atoms with E-state index in [0.717, 1.165) is 0 Å². The molecule has 1 aromatic heterocycles. The molecule has 7 heteroatoms. The van der Waals surface area contributed by atoms with Crippen LogP contribution in [0.3, 0.4) is 0 Å². The van der Waals surface area contributed by atoms with Gasteiger partial charge in [0.15, 0.2) is 11.5 Å². The minimum absolute atomic E-state index is 0.00366. The SMILES string of the molecule is Cc1nc2cc(NC(=O)c3ccc(OC(F)F)cc3)ccc2o1. The Kier molecular flexibility index (Phi) is 3.92. The van der Waals surface area contributed by atoms with E-state index in [1.54, 1.807) is 25.1 Å². The Morgan fingerprint density at radius 2 is 1.96 bits per heavy atom. The molecule has 1 amide bonds. The minimum atomic E-state index is -2.90. The molecule has 0 aliphatic rings. The monoisotopic (exact) mass is 318 g/mol. The van der Waals surface area contributed by atoms with Crippen LogP contribution in [0, 0.1) is 6.92 Å². The Morgan fingerprint density at radius 3 is 2.65 bits per heavy atom. The highest BCUT2D eigenvalue weighted by Crippen LogP contribution is 2.21. The van der Waals surface area contributed by atoms with Crippen molar-refractivity contribution in [2.75, 3.05) is 5.32 Å². The van der Waals surface area contributed by atoms with Crippen molar-refractivity contribution >= 4 is 22.7 Å². The average molecular weight is 318 g/mol. The van der Waals surface area contributed by atoms with Gasteiger partial charge in [-0.3, -0.25) is 4.79 Å². The normalized spacial score (nSPS) is 11.0. The smallest absolute Gasteiger partial charge is 0.387 e. The van der Waals surface area contributed by atoms with Gasteiger partial charge in [0, 0.05) is 18.2 Å². The standard InChI is InChI=1S/C16H12F2N2O3/c1-9-19-13-8-11(4-7-14(13)22-9)20-15(21)10-2-5-12(6-3-10)23-16(17)18/h2-8,16H,1H3,(H,20,21). The number of hydrogen-bond donors (Lipinski definition) is 1. The van der Waals surface area contributed by atoms with E-state index in [0.29, 0.717) is 28.2 Å². The van der Waals surface area contributed by atoms with Gasteiger partial charge in [-0.05, 0) is 42.5 Å². The number of nitrogens with zero attached hydrogens (tertiary/aromatic N) is 1. The summed E-state index contributed by atoms with van der Waals surface area (Å²) < 4.78 is 33.8. The molecule has 0 aliphatic carbocycles. The molecular formula is C16H12F2N2O3. The van der Waals surface area contributed by atoms with Gasteiger partial charge in [-0.2, -0.15) is 8.78 Å². The number of aromatic nitrogens is 1. The van der Waals surface area contributed by atoms with Crippen molar-refractivity contribution in [1.82, 2.24) is 4.98 Å². The largest absolute Gasteiger partial charge is 0.441 e. The van der Waals surface area contributed by atoms with Gasteiger partial charge in [-0.1, -0.05) is 0 Å². The number of rotatable bonds is 4. The first kappa shape index (κ1) is 15.0. The van der Waals surface area contributed by atoms with Crippen LogP contribution in [0.1, 0.15) is 16.2 Å². The molecule has 0 saturated heterocycles. The summed E-state index contributed by atoms with van der Waals surface area (Å²) in [5.41, 5.74) is 2.15. The van der Waals surface area contributed by atoms with Crippen LogP contribution in [0.15, 0.2) is 46.9 Å². The third-order valence-electron chi connectivity index (χ3n) is 3.09. The van der Waals surface area contributed by atoms with E-state index in [9.17, 15) is 13.6 Å². The van der Waals surface area contributed by atoms with Crippen molar-refractivity contribution in [2.45, 2.75) is 13.5 Å². The number of ether oxygens (including phenoxy) is 1. The number of carbonyl (C=O) groups excluding carboxylic acids is 1. The predicted octanol–water partition coefficient (Wildman–Crippen LogP) is 3.99. The van der Waals surface area contributed by atoms with Crippen molar-refractivity contribution in [3.8, 4) is 5.75 Å². The van der Waals surface area contributed by atoms with Crippen LogP contribution in [-0.4, -0.2) is 17.5 Å². The van der Waals surface area contributed by atoms with E-state index in [1.165, 1.54) is 24.3 Å². The lowest BCUT2D eigenvalue weighted by atomic mass is 10.2. The number of benzene rings is 2. The van der Waals surface area contributed by atoms with E-state index in [1.807, 2.05) is 0 Å². The molecule has 0 unspecified atom stereocenters. The molecule has 5 nitrogen and oxygen atoms in total. The Morgan fingerprint density at radius 1 is 1.22 bits per heavy atom. The number of oxazole rings is 1. The van der Waals surface area contributed by atoms with Crippen LogP contribution in [0.5, 0.6) is 5.75 Å². The summed E-state index contributed by atoms with van der Waals surface area (Å²) in [5, 5.41) is 2.71. The fourth-order valence-electron chi connectivity index (χ4n) is 2.11. The Labute approximate surface area is 129 Å². The molecule has 3 rings (SSSR count). The molecule has 1 N–H and O–H groups in total. The van der Waals surface area contributed by atoms with Gasteiger partial charge >= 0.3 is 6.61 Å². The molecule has 23 heavy (non-hydrogen) atoms. The molecule has 0 saturated carbocycles. The third-order valence-corrected chi connectivity index (χ3v) is 3.09. The van der Waals surface area contributed by atoms with Crippen LogP contribution in [-0.2, 0) is 0 Å². The molecule has 3 aromatic rings. The molecule has 0 radical (unpaired) electrons. The van der Waals surface area contributed by atoms with E-state index in [-0.39, 0.29) is 11.7 Å². The Balaban J connectivity index is 1.74. The van der Waals surface area contributed by atoms with E-state index >= 15 is 0 Å². The minimum Gasteiger partial charge on any atom is -0.441 e. The van der Waals surface area contributed by atoms with Crippen molar-refractivity contribution in [2.24, 2.45) is 0 Å². The lowest BCUT2D eigenvalue weighted by molar-refractivity contribution is -0.0498. The van der Waals surface area contributed by atoms with Gasteiger partial charge in [0.2, 0.25) is 0 Å². The summed E-state index contributed by atoms with van der Waals surface area (Å²) in [7, 11) is 0. The number of halogens is 2. The highest BCUT2D eigenvalue weighted by Gasteiger charge is 2.10. The lowest BCUT2D eigenvalue weighted by Gasteiger charge is -2.07. The average Bonchev–Trinajstić information content (AvgIpc) is 2.86. The first-order chi connectivity index (χ1) is 11.0. The predicted molar refractivity (Wildman–Crippen MR) is 79.8 cm³/mol. The first-order valence-electron chi connectivity index (χ1n) is 6.75. The Hall–Kier alpha value is -2.96. The van der Waals surface area contributed by atoms with Crippen molar-refractivity contribution in [1.29, 1.82) is 0 Å². The second-order valence-corrected chi connectivity index (χ2v) is 4.77. The van der Waals surface area contributed by atoms with Crippen LogP contribution in [0.2, 0.25) is 0 Å². The van der Waals surface area contributed by atoms with Gasteiger partial charge in [0.25, 0.3) is 5.91 Å². The number of carbonyl (C=O) groups is 1. The zero-order valence-corrected chi connectivity index (χ0v) is 12.0. The molecule has 2 aromatic carbocycles. The van der Waals surface area contributed by atoms with Crippen molar-refractivity contribution in [3.63, 3.8) is 0 Å². The fourth-order valence-corrected chi connectivity index (χ4v) is 2.11. The van der Waals surface area contributed by atoms with Crippen LogP contribution < -0.4 is 10.1 Å². The molecule has 0 spiro atoms. The number of hydrogen-bond acceptors (Lipinski definition) is 4. The molecule has 0 aliphatic heterocycles. The van der Waals surface area contributed by atoms with Gasteiger partial charge in [-0.15, -0.1) is 0 Å². The number of alkyl halides is 2. The highest BCUT2D eigenvalue weighted by molar-refractivity contribution is 6.04. The number of aryl methyl sites for hydroxylation is 1. The number of nitrogens with one attached hydrogen (secondary N) is 1. The quantitative estimate of drug-likeness (QED) is 0.790. The summed E-state index contributed by atoms with van der Waals surface area (Å²) in [6.07, 6.45) is 0. The van der Waals surface area contributed by atoms with Gasteiger partial charge in [-0.25, -0.2) is 4.98 Å². The highest BCUT2D eigenvalue weighted by atomic mass is 19.3. The van der Waals surface area contributed by atoms with Gasteiger partial charge in [0.05, 0.1) is 0 Å². The van der Waals surface area contributed by atoms with Crippen molar-refractivity contribution < 1.29 is 22.7 Å². The molecule has 0 fully saturated rings. The maximum absolute atomic E-state index is 12.1. The second-order valence-electron chi connectivity index (χ2n) is 4.77. The van der Waals surface area contributed by atoms with Crippen LogP contribution >= 0.6 is 0 Å². The molecule has 0 bridgehead atoms. The second kappa shape index (κ2) is 6.04. The fraction of sp³-hybridized carbons (Fsp3) is 0.125. The molecule has 118 valence electrons. The number of fused-ring (bicyclic) bond motifs is 1. The maximum Gasteiger partial charge on any atom is 0.387 e. The van der Waals surface area contributed by atoms with E-state index in [2.05, 4.69) is 15.0 Å². The molecule has 1 heterocycles. The molecular weight excluding hydrogens is 306 g/mol. The van der Waals surface area contributed by atoms with Crippen LogP contribution in [0.4, 0.5) is 14.5 Å². The first-order valence-corrected chi connectivity index (χ1v) is 6.75. The van der Waals surface area contributed by atoms with Crippen LogP contribution in [0.25, 0.3) is 11.1 Å². The summed E-state index contributed by atoms with van der Waals surface area (Å²) in [5.74, 6) is 0.169. The number of anilines is 1. The zero-order chi connectivity index (χ0) is 16.4. The zero-order valence-electron chi connectivity index (χ0n) is 12.0. The summed E-state index contributed by atoms with van der Waals surface area (Å²) >= 11 is 0. The molecule has 0 atom stereocenters. The topological polar surface area (TPSA) is 64.4 Å². The van der Waals surface area contributed by atoms with Gasteiger partial charge in [0.1, 0.15) is 11.3 Å². The summed E-state index contributed by atoms with van der Waals surface area (Å²) in [4.78, 5) is 16.3. The third kappa shape index (κ3) is 3.45. The summed E-state index contributed by atoms with van der Waals surface area (Å²) in [6, 6.07) is 10.5. The lowest BCUT2D eigenvalue weighted by Crippen LogP contribution is -2.11. The van der Waals surface area contributed by atoms with E-state index in [4.69, 9.17) is 4.42 Å². The number of amides is 1. The Bertz CT molecular complexity index is 844.